The first-order chi connectivity index (χ1) is 12.7. The Morgan fingerprint density at radius 3 is 2.69 bits per heavy atom. The minimum Gasteiger partial charge on any atom is -0.378 e. The number of hydrogen-bond acceptors (Lipinski definition) is 8. The van der Waals surface area contributed by atoms with E-state index >= 15 is 0 Å². The molecule has 0 bridgehead atoms. The van der Waals surface area contributed by atoms with Crippen LogP contribution in [0.1, 0.15) is 38.5 Å². The van der Waals surface area contributed by atoms with Crippen molar-refractivity contribution < 1.29 is 9.66 Å². The van der Waals surface area contributed by atoms with Crippen LogP contribution in [0.4, 0.5) is 17.3 Å². The lowest BCUT2D eigenvalue weighted by Gasteiger charge is -2.35. The lowest BCUT2D eigenvalue weighted by molar-refractivity contribution is -0.383. The molecule has 0 spiro atoms. The molecule has 0 N–H and O–H groups in total. The van der Waals surface area contributed by atoms with Gasteiger partial charge in [0.2, 0.25) is 11.6 Å². The number of nitriles is 1. The van der Waals surface area contributed by atoms with Crippen molar-refractivity contribution in [1.29, 1.82) is 5.26 Å². The van der Waals surface area contributed by atoms with E-state index in [9.17, 15) is 10.1 Å². The normalized spacial score (nSPS) is 18.3. The van der Waals surface area contributed by atoms with Gasteiger partial charge < -0.3 is 14.5 Å². The molecule has 1 aromatic rings. The van der Waals surface area contributed by atoms with E-state index in [0.717, 1.165) is 25.7 Å². The van der Waals surface area contributed by atoms with E-state index < -0.39 is 0 Å². The zero-order valence-corrected chi connectivity index (χ0v) is 14.8. The first-order valence-electron chi connectivity index (χ1n) is 9.18. The van der Waals surface area contributed by atoms with Crippen LogP contribution in [0.5, 0.6) is 0 Å². The molecule has 140 valence electrons. The molecule has 0 radical (unpaired) electrons. The summed E-state index contributed by atoms with van der Waals surface area (Å²) in [6, 6.07) is 2.34. The molecular weight excluding hydrogens is 336 g/mol. The standard InChI is InChI=1S/C17H24N6O3/c18-7-4-8-22(14-5-2-1-3-6-14)17-15(23(24)25)16(19-13-20-17)21-9-11-26-12-10-21/h13-14H,1-6,8-12H2. The largest absolute Gasteiger partial charge is 0.378 e. The fraction of sp³-hybridized carbons (Fsp3) is 0.706. The van der Waals surface area contributed by atoms with E-state index in [2.05, 4.69) is 16.0 Å². The lowest BCUT2D eigenvalue weighted by atomic mass is 9.94. The average Bonchev–Trinajstić information content (AvgIpc) is 2.69. The highest BCUT2D eigenvalue weighted by Gasteiger charge is 2.33. The minimum absolute atomic E-state index is 0.0575. The fourth-order valence-electron chi connectivity index (χ4n) is 3.77. The summed E-state index contributed by atoms with van der Waals surface area (Å²) >= 11 is 0. The number of nitro groups is 1. The Labute approximate surface area is 152 Å². The number of anilines is 2. The monoisotopic (exact) mass is 360 g/mol. The van der Waals surface area contributed by atoms with E-state index in [0.29, 0.717) is 50.9 Å². The van der Waals surface area contributed by atoms with Gasteiger partial charge in [-0.1, -0.05) is 19.3 Å². The van der Waals surface area contributed by atoms with Crippen molar-refractivity contribution in [1.82, 2.24) is 9.97 Å². The zero-order chi connectivity index (χ0) is 18.4. The van der Waals surface area contributed by atoms with Crippen molar-refractivity contribution in [2.75, 3.05) is 42.6 Å². The van der Waals surface area contributed by atoms with Crippen LogP contribution in [0.2, 0.25) is 0 Å². The van der Waals surface area contributed by atoms with Gasteiger partial charge in [-0.15, -0.1) is 0 Å². The van der Waals surface area contributed by atoms with Crippen LogP contribution in [0, 0.1) is 21.4 Å². The fourth-order valence-corrected chi connectivity index (χ4v) is 3.77. The van der Waals surface area contributed by atoms with Crippen LogP contribution in [0.15, 0.2) is 6.33 Å². The average molecular weight is 360 g/mol. The molecule has 1 saturated heterocycles. The summed E-state index contributed by atoms with van der Waals surface area (Å²) in [5.74, 6) is 0.690. The number of ether oxygens (including phenoxy) is 1. The minimum atomic E-state index is -0.387. The summed E-state index contributed by atoms with van der Waals surface area (Å²) in [7, 11) is 0. The Balaban J connectivity index is 1.99. The summed E-state index contributed by atoms with van der Waals surface area (Å²) in [6.07, 6.45) is 7.04. The first-order valence-corrected chi connectivity index (χ1v) is 9.18. The van der Waals surface area contributed by atoms with E-state index in [-0.39, 0.29) is 16.7 Å². The van der Waals surface area contributed by atoms with Crippen LogP contribution in [0.25, 0.3) is 0 Å². The van der Waals surface area contributed by atoms with Gasteiger partial charge in [-0.05, 0) is 12.8 Å². The molecule has 0 amide bonds. The third-order valence-corrected chi connectivity index (χ3v) is 5.03. The molecule has 1 aliphatic carbocycles. The van der Waals surface area contributed by atoms with Crippen LogP contribution in [-0.2, 0) is 4.74 Å². The van der Waals surface area contributed by atoms with E-state index in [1.54, 1.807) is 0 Å². The van der Waals surface area contributed by atoms with Gasteiger partial charge in [-0.2, -0.15) is 5.26 Å². The second kappa shape index (κ2) is 8.76. The third kappa shape index (κ3) is 4.02. The predicted molar refractivity (Wildman–Crippen MR) is 96.2 cm³/mol. The number of nitrogens with zero attached hydrogens (tertiary/aromatic N) is 6. The summed E-state index contributed by atoms with van der Waals surface area (Å²) in [4.78, 5) is 23.9. The number of rotatable bonds is 6. The highest BCUT2D eigenvalue weighted by molar-refractivity contribution is 5.71. The van der Waals surface area contributed by atoms with Crippen molar-refractivity contribution in [3.8, 4) is 6.07 Å². The molecule has 1 aromatic heterocycles. The van der Waals surface area contributed by atoms with Crippen molar-refractivity contribution in [2.24, 2.45) is 0 Å². The summed E-state index contributed by atoms with van der Waals surface area (Å²) in [5.41, 5.74) is -0.0575. The molecule has 26 heavy (non-hydrogen) atoms. The molecule has 3 rings (SSSR count). The van der Waals surface area contributed by atoms with Crippen LogP contribution >= 0.6 is 0 Å². The Hall–Kier alpha value is -2.47. The van der Waals surface area contributed by atoms with Gasteiger partial charge in [0, 0.05) is 25.7 Å². The highest BCUT2D eigenvalue weighted by Crippen LogP contribution is 2.37. The van der Waals surface area contributed by atoms with Gasteiger partial charge in [0.1, 0.15) is 6.33 Å². The lowest BCUT2D eigenvalue weighted by Crippen LogP contribution is -2.40. The topological polar surface area (TPSA) is 108 Å². The molecule has 2 fully saturated rings. The summed E-state index contributed by atoms with van der Waals surface area (Å²) in [5, 5.41) is 21.0. The molecule has 2 aliphatic rings. The molecular formula is C17H24N6O3. The quantitative estimate of drug-likeness (QED) is 0.561. The summed E-state index contributed by atoms with van der Waals surface area (Å²) in [6.45, 7) is 2.63. The molecule has 1 saturated carbocycles. The van der Waals surface area contributed by atoms with Crippen LogP contribution in [0.3, 0.4) is 0 Å². The van der Waals surface area contributed by atoms with E-state index in [4.69, 9.17) is 10.00 Å². The Bertz CT molecular complexity index is 665. The Morgan fingerprint density at radius 1 is 1.31 bits per heavy atom. The Kier molecular flexibility index (Phi) is 6.17. The van der Waals surface area contributed by atoms with Crippen molar-refractivity contribution in [3.05, 3.63) is 16.4 Å². The second-order valence-corrected chi connectivity index (χ2v) is 6.62. The maximum absolute atomic E-state index is 11.9. The third-order valence-electron chi connectivity index (χ3n) is 5.03. The van der Waals surface area contributed by atoms with E-state index in [1.165, 1.54) is 12.7 Å². The predicted octanol–water partition coefficient (Wildman–Crippen LogP) is 2.27. The molecule has 0 atom stereocenters. The first kappa shape index (κ1) is 18.3. The second-order valence-electron chi connectivity index (χ2n) is 6.62. The van der Waals surface area contributed by atoms with Gasteiger partial charge in [-0.25, -0.2) is 9.97 Å². The molecule has 0 unspecified atom stereocenters. The van der Waals surface area contributed by atoms with Crippen LogP contribution < -0.4 is 9.80 Å². The van der Waals surface area contributed by atoms with Crippen LogP contribution in [-0.4, -0.2) is 53.8 Å². The maximum Gasteiger partial charge on any atom is 0.353 e. The molecule has 9 nitrogen and oxygen atoms in total. The number of aromatic nitrogens is 2. The van der Waals surface area contributed by atoms with Gasteiger partial charge >= 0.3 is 5.69 Å². The SMILES string of the molecule is N#CCCN(c1ncnc(N2CCOCC2)c1[N+](=O)[O-])C1CCCCC1. The van der Waals surface area contributed by atoms with Gasteiger partial charge in [-0.3, -0.25) is 10.1 Å². The molecule has 0 aromatic carbocycles. The summed E-state index contributed by atoms with van der Waals surface area (Å²) < 4.78 is 5.35. The van der Waals surface area contributed by atoms with Crippen molar-refractivity contribution in [3.63, 3.8) is 0 Å². The molecule has 9 heteroatoms. The van der Waals surface area contributed by atoms with Gasteiger partial charge in [0.15, 0.2) is 0 Å². The molecule has 1 aliphatic heterocycles. The van der Waals surface area contributed by atoms with Crippen molar-refractivity contribution >= 4 is 17.3 Å². The Morgan fingerprint density at radius 2 is 2.04 bits per heavy atom. The molecule has 2 heterocycles. The van der Waals surface area contributed by atoms with Crippen molar-refractivity contribution in [2.45, 2.75) is 44.6 Å². The number of morpholine rings is 1. The maximum atomic E-state index is 11.9. The number of hydrogen-bond donors (Lipinski definition) is 0. The zero-order valence-electron chi connectivity index (χ0n) is 14.8. The van der Waals surface area contributed by atoms with E-state index in [1.807, 2.05) is 9.80 Å². The highest BCUT2D eigenvalue weighted by atomic mass is 16.6. The smallest absolute Gasteiger partial charge is 0.353 e. The van der Waals surface area contributed by atoms with Gasteiger partial charge in [0.05, 0.1) is 30.6 Å². The van der Waals surface area contributed by atoms with Gasteiger partial charge in [0.25, 0.3) is 0 Å².